The molecule has 0 unspecified atom stereocenters. The van der Waals surface area contributed by atoms with Gasteiger partial charge in [0.1, 0.15) is 12.4 Å². The largest absolute Gasteiger partial charge is 0.491 e. The second-order valence-electron chi connectivity index (χ2n) is 10.4. The van der Waals surface area contributed by atoms with Crippen molar-refractivity contribution in [2.24, 2.45) is 5.41 Å². The number of fused-ring (bicyclic) bond motifs is 2. The molecule has 4 N–H and O–H groups in total. The number of amides is 1. The first-order valence-corrected chi connectivity index (χ1v) is 13.4. The summed E-state index contributed by atoms with van der Waals surface area (Å²) in [5.74, 6) is 0.410. The number of benzene rings is 2. The van der Waals surface area contributed by atoms with E-state index in [-0.39, 0.29) is 29.8 Å². The van der Waals surface area contributed by atoms with Crippen LogP contribution in [0.25, 0.3) is 0 Å². The summed E-state index contributed by atoms with van der Waals surface area (Å²) < 4.78 is 54.5. The maximum atomic E-state index is 12.8. The molecular formula is C28H34F3N7O4. The van der Waals surface area contributed by atoms with E-state index in [0.717, 1.165) is 5.56 Å². The Morgan fingerprint density at radius 3 is 2.38 bits per heavy atom. The van der Waals surface area contributed by atoms with Gasteiger partial charge in [0.2, 0.25) is 11.9 Å². The molecule has 0 spiro atoms. The molecule has 6 bridgehead atoms. The van der Waals surface area contributed by atoms with Crippen molar-refractivity contribution in [3.05, 3.63) is 59.7 Å². The van der Waals surface area contributed by atoms with Crippen molar-refractivity contribution >= 4 is 23.5 Å². The number of anilines is 3. The fraction of sp³-hybridized carbons (Fsp3) is 0.429. The summed E-state index contributed by atoms with van der Waals surface area (Å²) in [6.45, 7) is 5.96. The lowest BCUT2D eigenvalue weighted by molar-refractivity contribution is -0.154. The van der Waals surface area contributed by atoms with Crippen LogP contribution < -0.4 is 30.7 Å². The van der Waals surface area contributed by atoms with Crippen LogP contribution in [0.4, 0.5) is 30.8 Å². The third-order valence-electron chi connectivity index (χ3n) is 6.01. The molecule has 1 aromatic heterocycles. The van der Waals surface area contributed by atoms with E-state index in [2.05, 4.69) is 36.2 Å². The number of hydrogen-bond acceptors (Lipinski definition) is 10. The number of nitrogens with one attached hydrogen (secondary N) is 4. The molecule has 4 heterocycles. The fourth-order valence-corrected chi connectivity index (χ4v) is 3.80. The summed E-state index contributed by atoms with van der Waals surface area (Å²) in [6.07, 6.45) is -4.57. The van der Waals surface area contributed by atoms with Gasteiger partial charge in [-0.2, -0.15) is 28.1 Å². The van der Waals surface area contributed by atoms with Gasteiger partial charge in [-0.15, -0.1) is 0 Å². The van der Waals surface area contributed by atoms with Crippen LogP contribution in [0.5, 0.6) is 11.8 Å². The van der Waals surface area contributed by atoms with Crippen LogP contribution >= 0.6 is 0 Å². The van der Waals surface area contributed by atoms with E-state index in [1.54, 1.807) is 24.3 Å². The van der Waals surface area contributed by atoms with Crippen molar-refractivity contribution in [1.82, 2.24) is 25.6 Å². The Hall–Kier alpha value is -4.17. The molecule has 0 radical (unpaired) electrons. The number of aromatic nitrogens is 3. The third kappa shape index (κ3) is 10.3. The first kappa shape index (κ1) is 30.8. The molecular weight excluding hydrogens is 555 g/mol. The summed E-state index contributed by atoms with van der Waals surface area (Å²) in [7, 11) is 0. The number of ether oxygens (including phenoxy) is 3. The van der Waals surface area contributed by atoms with E-state index < -0.39 is 18.8 Å². The standard InChI is InChI=1S/C28H34F3N7O4/c1-27(2)16-32-11-12-40-13-14-41-22-9-3-19(4-10-22)15-33-24-36-25(38-26(37-24)42-18-28(29,30)31)35-21-7-5-20(6-8-21)23(39)34-17-27/h3-10,32H,11-18H2,1-2H3,(H,34,39)(H2,33,35,36,37,38). The van der Waals surface area contributed by atoms with E-state index in [4.69, 9.17) is 14.2 Å². The van der Waals surface area contributed by atoms with Crippen LogP contribution in [-0.2, 0) is 11.3 Å². The quantitative estimate of drug-likeness (QED) is 0.349. The first-order chi connectivity index (χ1) is 20.0. The Kier molecular flexibility index (Phi) is 10.4. The SMILES string of the molecule is CC1(C)CNCCOCCOc2ccc(cc2)CNc2nc(nc(OCC(F)(F)F)n2)Nc2ccc(cc2)C(=O)NC1. The number of alkyl halides is 3. The van der Waals surface area contributed by atoms with Crippen LogP contribution in [0.2, 0.25) is 0 Å². The average molecular weight is 590 g/mol. The van der Waals surface area contributed by atoms with Crippen molar-refractivity contribution in [2.75, 3.05) is 56.7 Å². The van der Waals surface area contributed by atoms with Gasteiger partial charge in [0, 0.05) is 37.4 Å². The van der Waals surface area contributed by atoms with Crippen LogP contribution in [-0.4, -0.2) is 73.1 Å². The molecule has 0 aliphatic carbocycles. The van der Waals surface area contributed by atoms with Crippen molar-refractivity contribution in [3.8, 4) is 11.8 Å². The smallest absolute Gasteiger partial charge is 0.422 e. The molecule has 226 valence electrons. The number of carbonyl (C=O) groups excluding carboxylic acids is 1. The highest BCUT2D eigenvalue weighted by atomic mass is 19.4. The molecule has 0 fully saturated rings. The summed E-state index contributed by atoms with van der Waals surface area (Å²) >= 11 is 0. The van der Waals surface area contributed by atoms with Gasteiger partial charge in [-0.25, -0.2) is 0 Å². The minimum absolute atomic E-state index is 0.0108. The van der Waals surface area contributed by atoms with Gasteiger partial charge in [0.25, 0.3) is 5.91 Å². The van der Waals surface area contributed by atoms with Crippen molar-refractivity contribution in [1.29, 1.82) is 0 Å². The molecule has 6 rings (SSSR count). The lowest BCUT2D eigenvalue weighted by atomic mass is 9.93. The van der Waals surface area contributed by atoms with Gasteiger partial charge in [0.05, 0.1) is 13.2 Å². The molecule has 42 heavy (non-hydrogen) atoms. The van der Waals surface area contributed by atoms with Crippen LogP contribution in [0, 0.1) is 5.41 Å². The molecule has 0 saturated heterocycles. The van der Waals surface area contributed by atoms with Gasteiger partial charge in [0.15, 0.2) is 6.61 Å². The summed E-state index contributed by atoms with van der Waals surface area (Å²) in [5.41, 5.74) is 1.61. The van der Waals surface area contributed by atoms with Gasteiger partial charge in [-0.05, 0) is 47.4 Å². The average Bonchev–Trinajstić information content (AvgIpc) is 2.95. The van der Waals surface area contributed by atoms with Crippen LogP contribution in [0.3, 0.4) is 0 Å². The number of hydrogen-bond donors (Lipinski definition) is 4. The lowest BCUT2D eigenvalue weighted by Gasteiger charge is -2.25. The highest BCUT2D eigenvalue weighted by Crippen LogP contribution is 2.21. The molecule has 2 aromatic carbocycles. The number of nitrogens with zero attached hydrogens (tertiary/aromatic N) is 3. The zero-order chi connectivity index (χ0) is 30.0. The molecule has 3 aromatic rings. The predicted octanol–water partition coefficient (Wildman–Crippen LogP) is 3.92. The van der Waals surface area contributed by atoms with E-state index >= 15 is 0 Å². The Bertz CT molecular complexity index is 1310. The Morgan fingerprint density at radius 1 is 0.905 bits per heavy atom. The third-order valence-corrected chi connectivity index (χ3v) is 6.01. The highest BCUT2D eigenvalue weighted by molar-refractivity contribution is 5.94. The molecule has 3 aliphatic rings. The summed E-state index contributed by atoms with van der Waals surface area (Å²) in [5, 5.41) is 12.2. The second-order valence-corrected chi connectivity index (χ2v) is 10.4. The van der Waals surface area contributed by atoms with Gasteiger partial charge in [-0.1, -0.05) is 26.0 Å². The summed E-state index contributed by atoms with van der Waals surface area (Å²) in [6, 6.07) is 13.3. The second kappa shape index (κ2) is 14.1. The number of carbonyl (C=O) groups is 1. The lowest BCUT2D eigenvalue weighted by Crippen LogP contribution is -2.41. The van der Waals surface area contributed by atoms with Crippen molar-refractivity contribution in [3.63, 3.8) is 0 Å². The minimum Gasteiger partial charge on any atom is -0.491 e. The molecule has 1 amide bonds. The van der Waals surface area contributed by atoms with Crippen LogP contribution in [0.15, 0.2) is 48.5 Å². The molecule has 3 aliphatic heterocycles. The topological polar surface area (TPSA) is 132 Å². The maximum Gasteiger partial charge on any atom is 0.422 e. The summed E-state index contributed by atoms with van der Waals surface area (Å²) in [4.78, 5) is 24.9. The Labute approximate surface area is 241 Å². The normalized spacial score (nSPS) is 16.9. The van der Waals surface area contributed by atoms with Gasteiger partial charge >= 0.3 is 12.2 Å². The van der Waals surface area contributed by atoms with Gasteiger partial charge < -0.3 is 35.5 Å². The predicted molar refractivity (Wildman–Crippen MR) is 150 cm³/mol. The zero-order valence-electron chi connectivity index (χ0n) is 23.4. The zero-order valence-corrected chi connectivity index (χ0v) is 23.4. The Balaban J connectivity index is 1.53. The van der Waals surface area contributed by atoms with Gasteiger partial charge in [-0.3, -0.25) is 4.79 Å². The van der Waals surface area contributed by atoms with Crippen molar-refractivity contribution in [2.45, 2.75) is 26.6 Å². The highest BCUT2D eigenvalue weighted by Gasteiger charge is 2.29. The molecule has 0 atom stereocenters. The van der Waals surface area contributed by atoms with Crippen molar-refractivity contribution < 1.29 is 32.2 Å². The Morgan fingerprint density at radius 2 is 1.64 bits per heavy atom. The molecule has 14 heteroatoms. The molecule has 0 saturated carbocycles. The van der Waals surface area contributed by atoms with E-state index in [9.17, 15) is 18.0 Å². The van der Waals surface area contributed by atoms with E-state index in [1.165, 1.54) is 0 Å². The number of halogens is 3. The molecule has 11 nitrogen and oxygen atoms in total. The van der Waals surface area contributed by atoms with E-state index in [0.29, 0.717) is 56.5 Å². The fourth-order valence-electron chi connectivity index (χ4n) is 3.80. The monoisotopic (exact) mass is 589 g/mol. The number of rotatable bonds is 2. The van der Waals surface area contributed by atoms with Crippen LogP contribution in [0.1, 0.15) is 29.8 Å². The first-order valence-electron chi connectivity index (χ1n) is 13.4. The maximum absolute atomic E-state index is 12.8. The van der Waals surface area contributed by atoms with E-state index in [1.807, 2.05) is 38.1 Å². The minimum atomic E-state index is -4.57.